The van der Waals surface area contributed by atoms with E-state index in [9.17, 15) is 5.11 Å². The molecule has 0 fully saturated rings. The fourth-order valence-electron chi connectivity index (χ4n) is 1.43. The molecule has 106 valence electrons. The van der Waals surface area contributed by atoms with Gasteiger partial charge in [0.15, 0.2) is 0 Å². The second-order valence-electron chi connectivity index (χ2n) is 4.25. The molecule has 1 N–H and O–H groups in total. The fraction of sp³-hybridized carbons (Fsp3) is 0.857. The first kappa shape index (κ1) is 17.4. The van der Waals surface area contributed by atoms with Crippen molar-refractivity contribution in [2.24, 2.45) is 0 Å². The van der Waals surface area contributed by atoms with E-state index in [0.717, 1.165) is 39.2 Å². The zero-order chi connectivity index (χ0) is 13.6. The summed E-state index contributed by atoms with van der Waals surface area (Å²) in [6.45, 7) is 8.21. The number of ether oxygens (including phenoxy) is 2. The third-order valence-corrected chi connectivity index (χ3v) is 2.34. The van der Waals surface area contributed by atoms with Gasteiger partial charge in [0.25, 0.3) is 0 Å². The number of hydrogen-bond donors (Lipinski definition) is 1. The van der Waals surface area contributed by atoms with Crippen LogP contribution in [0.1, 0.15) is 26.7 Å². The van der Waals surface area contributed by atoms with Gasteiger partial charge < -0.3 is 19.5 Å². The van der Waals surface area contributed by atoms with Crippen molar-refractivity contribution in [3.63, 3.8) is 0 Å². The molecule has 0 saturated heterocycles. The Morgan fingerprint density at radius 2 is 1.83 bits per heavy atom. The molecule has 0 radical (unpaired) electrons. The zero-order valence-electron chi connectivity index (χ0n) is 11.9. The molecular weight excluding hydrogens is 230 g/mol. The molecule has 1 unspecified atom stereocenters. The maximum atomic E-state index is 9.47. The molecule has 0 spiro atoms. The molecule has 1 atom stereocenters. The van der Waals surface area contributed by atoms with Crippen LogP contribution in [0.3, 0.4) is 0 Å². The molecule has 0 aromatic carbocycles. The van der Waals surface area contributed by atoms with Crippen LogP contribution in [0.15, 0.2) is 0 Å². The van der Waals surface area contributed by atoms with E-state index in [2.05, 4.69) is 18.8 Å². The van der Waals surface area contributed by atoms with E-state index in [-0.39, 0.29) is 0 Å². The Morgan fingerprint density at radius 1 is 1.17 bits per heavy atom. The van der Waals surface area contributed by atoms with Crippen molar-refractivity contribution in [3.05, 3.63) is 0 Å². The van der Waals surface area contributed by atoms with Gasteiger partial charge in [-0.25, -0.2) is 0 Å². The summed E-state index contributed by atoms with van der Waals surface area (Å²) in [7, 11) is 1.95. The Hall–Kier alpha value is -0.600. The van der Waals surface area contributed by atoms with E-state index in [4.69, 9.17) is 9.47 Å². The van der Waals surface area contributed by atoms with Gasteiger partial charge >= 0.3 is 0 Å². The zero-order valence-corrected chi connectivity index (χ0v) is 11.9. The van der Waals surface area contributed by atoms with E-state index < -0.39 is 6.10 Å². The number of aliphatic hydroxyl groups is 1. The molecule has 0 heterocycles. The predicted octanol–water partition coefficient (Wildman–Crippen LogP) is 1.14. The maximum Gasteiger partial charge on any atom is 0.127 e. The summed E-state index contributed by atoms with van der Waals surface area (Å²) in [5, 5.41) is 9.47. The van der Waals surface area contributed by atoms with E-state index >= 15 is 0 Å². The summed E-state index contributed by atoms with van der Waals surface area (Å²) in [4.78, 5) is 2.02. The van der Waals surface area contributed by atoms with E-state index in [1.54, 1.807) is 6.92 Å². The number of nitrogens with zero attached hydrogens (tertiary/aromatic N) is 1. The van der Waals surface area contributed by atoms with Crippen molar-refractivity contribution in [2.45, 2.75) is 32.8 Å². The molecule has 0 aliphatic rings. The minimum atomic E-state index is -0.567. The quantitative estimate of drug-likeness (QED) is 0.445. The average Bonchev–Trinajstić information content (AvgIpc) is 2.32. The van der Waals surface area contributed by atoms with E-state index in [0.29, 0.717) is 13.2 Å². The fourth-order valence-corrected chi connectivity index (χ4v) is 1.43. The standard InChI is InChI=1S/C14H27NO3/c1-4-7-14(16)13-15(3)8-12-18-11-6-10-17-9-5-2/h14,16H,5-6,8-13H2,1-3H3. The van der Waals surface area contributed by atoms with Crippen LogP contribution in [0.25, 0.3) is 0 Å². The summed E-state index contributed by atoms with van der Waals surface area (Å²) in [6.07, 6.45) is 1.44. The van der Waals surface area contributed by atoms with Gasteiger partial charge in [-0.15, -0.1) is 5.92 Å². The van der Waals surface area contributed by atoms with Crippen molar-refractivity contribution < 1.29 is 14.6 Å². The molecule has 0 aliphatic heterocycles. The van der Waals surface area contributed by atoms with Crippen LogP contribution in [0.5, 0.6) is 0 Å². The lowest BCUT2D eigenvalue weighted by molar-refractivity contribution is 0.0693. The normalized spacial score (nSPS) is 12.3. The van der Waals surface area contributed by atoms with Gasteiger partial charge in [0, 0.05) is 32.9 Å². The Morgan fingerprint density at radius 3 is 2.44 bits per heavy atom. The molecule has 0 bridgehead atoms. The Bertz CT molecular complexity index is 235. The molecule has 4 nitrogen and oxygen atoms in total. The molecule has 0 aliphatic carbocycles. The van der Waals surface area contributed by atoms with Gasteiger partial charge in [-0.05, 0) is 26.8 Å². The second-order valence-corrected chi connectivity index (χ2v) is 4.25. The first-order valence-electron chi connectivity index (χ1n) is 6.65. The van der Waals surface area contributed by atoms with Crippen molar-refractivity contribution in [3.8, 4) is 11.8 Å². The highest BCUT2D eigenvalue weighted by Gasteiger charge is 2.04. The lowest BCUT2D eigenvalue weighted by atomic mass is 10.3. The van der Waals surface area contributed by atoms with Crippen LogP contribution >= 0.6 is 0 Å². The number of hydrogen-bond acceptors (Lipinski definition) is 4. The van der Waals surface area contributed by atoms with Crippen LogP contribution in [-0.2, 0) is 9.47 Å². The lowest BCUT2D eigenvalue weighted by Gasteiger charge is -2.17. The number of likely N-dealkylation sites (N-methyl/N-ethyl adjacent to an activating group) is 1. The molecule has 0 rings (SSSR count). The SMILES string of the molecule is CC#CC(O)CN(C)CCOCCCOCCC. The smallest absolute Gasteiger partial charge is 0.127 e. The van der Waals surface area contributed by atoms with Crippen molar-refractivity contribution in [2.75, 3.05) is 46.6 Å². The summed E-state index contributed by atoms with van der Waals surface area (Å²) in [6, 6.07) is 0. The summed E-state index contributed by atoms with van der Waals surface area (Å²) in [5.74, 6) is 5.41. The van der Waals surface area contributed by atoms with Gasteiger partial charge in [-0.3, -0.25) is 0 Å². The summed E-state index contributed by atoms with van der Waals surface area (Å²) in [5.41, 5.74) is 0. The third kappa shape index (κ3) is 11.9. The van der Waals surface area contributed by atoms with Crippen LogP contribution in [0, 0.1) is 11.8 Å². The molecular formula is C14H27NO3. The van der Waals surface area contributed by atoms with Crippen molar-refractivity contribution >= 4 is 0 Å². The Kier molecular flexibility index (Phi) is 12.4. The van der Waals surface area contributed by atoms with Crippen LogP contribution < -0.4 is 0 Å². The molecule has 0 saturated carbocycles. The molecule has 0 aromatic heterocycles. The van der Waals surface area contributed by atoms with Gasteiger partial charge in [0.2, 0.25) is 0 Å². The first-order valence-corrected chi connectivity index (χ1v) is 6.65. The van der Waals surface area contributed by atoms with Crippen LogP contribution in [0.2, 0.25) is 0 Å². The minimum Gasteiger partial charge on any atom is -0.381 e. The van der Waals surface area contributed by atoms with Crippen LogP contribution in [0.4, 0.5) is 0 Å². The lowest BCUT2D eigenvalue weighted by Crippen LogP contribution is -2.31. The second kappa shape index (κ2) is 12.8. The Labute approximate surface area is 111 Å². The van der Waals surface area contributed by atoms with Gasteiger partial charge in [-0.1, -0.05) is 12.8 Å². The van der Waals surface area contributed by atoms with Gasteiger partial charge in [0.1, 0.15) is 6.10 Å². The van der Waals surface area contributed by atoms with Gasteiger partial charge in [-0.2, -0.15) is 0 Å². The van der Waals surface area contributed by atoms with Crippen molar-refractivity contribution in [1.29, 1.82) is 0 Å². The van der Waals surface area contributed by atoms with Crippen molar-refractivity contribution in [1.82, 2.24) is 4.90 Å². The summed E-state index contributed by atoms with van der Waals surface area (Å²) < 4.78 is 10.8. The maximum absolute atomic E-state index is 9.47. The minimum absolute atomic E-state index is 0.559. The monoisotopic (exact) mass is 257 g/mol. The number of aliphatic hydroxyl groups excluding tert-OH is 1. The average molecular weight is 257 g/mol. The Balaban J connectivity index is 3.29. The topological polar surface area (TPSA) is 41.9 Å². The molecule has 18 heavy (non-hydrogen) atoms. The van der Waals surface area contributed by atoms with Gasteiger partial charge in [0.05, 0.1) is 6.61 Å². The number of rotatable bonds is 11. The highest BCUT2D eigenvalue weighted by Crippen LogP contribution is 1.91. The van der Waals surface area contributed by atoms with E-state index in [1.165, 1.54) is 0 Å². The summed E-state index contributed by atoms with van der Waals surface area (Å²) >= 11 is 0. The largest absolute Gasteiger partial charge is 0.381 e. The van der Waals surface area contributed by atoms with Crippen LogP contribution in [-0.4, -0.2) is 62.7 Å². The highest BCUT2D eigenvalue weighted by atomic mass is 16.5. The first-order chi connectivity index (χ1) is 8.70. The molecule has 0 aromatic rings. The highest BCUT2D eigenvalue weighted by molar-refractivity contribution is 5.02. The molecule has 4 heteroatoms. The predicted molar refractivity (Wildman–Crippen MR) is 73.5 cm³/mol. The van der Waals surface area contributed by atoms with E-state index in [1.807, 2.05) is 11.9 Å². The third-order valence-electron chi connectivity index (χ3n) is 2.34. The molecule has 0 amide bonds.